The monoisotopic (exact) mass is 325 g/mol. The first-order valence-corrected chi connectivity index (χ1v) is 8.04. The van der Waals surface area contributed by atoms with Gasteiger partial charge in [-0.3, -0.25) is 14.4 Å². The molecule has 2 aromatic rings. The molecule has 0 saturated heterocycles. The van der Waals surface area contributed by atoms with Crippen LogP contribution in [0.1, 0.15) is 45.3 Å². The van der Waals surface area contributed by atoms with E-state index < -0.39 is 0 Å². The number of nitrogens with one attached hydrogen (secondary N) is 1. The van der Waals surface area contributed by atoms with Crippen molar-refractivity contribution in [2.75, 3.05) is 6.54 Å². The van der Waals surface area contributed by atoms with E-state index in [0.29, 0.717) is 24.2 Å². The van der Waals surface area contributed by atoms with Gasteiger partial charge in [0.2, 0.25) is 0 Å². The Balaban J connectivity index is 1.59. The molecule has 0 bridgehead atoms. The summed E-state index contributed by atoms with van der Waals surface area (Å²) in [6, 6.07) is 8.14. The SMILES string of the molecule is CC(=O)c1ccc(C(=O)NCCn2nc3c(cc2=O)CCC3)cc1. The van der Waals surface area contributed by atoms with Gasteiger partial charge in [-0.05, 0) is 43.9 Å². The Morgan fingerprint density at radius 1 is 1.17 bits per heavy atom. The maximum Gasteiger partial charge on any atom is 0.267 e. The normalized spacial score (nSPS) is 12.7. The van der Waals surface area contributed by atoms with Crippen LogP contribution in [0.3, 0.4) is 0 Å². The minimum Gasteiger partial charge on any atom is -0.350 e. The van der Waals surface area contributed by atoms with Gasteiger partial charge in [-0.15, -0.1) is 0 Å². The Hall–Kier alpha value is -2.76. The maximum absolute atomic E-state index is 12.1. The first-order valence-electron chi connectivity index (χ1n) is 8.04. The van der Waals surface area contributed by atoms with Crippen molar-refractivity contribution in [3.05, 3.63) is 63.1 Å². The van der Waals surface area contributed by atoms with Gasteiger partial charge in [0.05, 0.1) is 12.2 Å². The highest BCUT2D eigenvalue weighted by molar-refractivity contribution is 5.97. The van der Waals surface area contributed by atoms with Gasteiger partial charge in [-0.2, -0.15) is 5.10 Å². The number of hydrogen-bond acceptors (Lipinski definition) is 4. The van der Waals surface area contributed by atoms with E-state index in [2.05, 4.69) is 10.4 Å². The molecular weight excluding hydrogens is 306 g/mol. The van der Waals surface area contributed by atoms with Gasteiger partial charge in [0.15, 0.2) is 5.78 Å². The number of hydrogen-bond donors (Lipinski definition) is 1. The molecule has 0 radical (unpaired) electrons. The van der Waals surface area contributed by atoms with Gasteiger partial charge < -0.3 is 5.32 Å². The molecule has 1 aliphatic carbocycles. The van der Waals surface area contributed by atoms with Crippen molar-refractivity contribution in [2.24, 2.45) is 0 Å². The Bertz CT molecular complexity index is 838. The van der Waals surface area contributed by atoms with Gasteiger partial charge in [-0.25, -0.2) is 4.68 Å². The molecule has 1 N–H and O–H groups in total. The molecule has 0 atom stereocenters. The molecule has 1 aromatic carbocycles. The molecule has 6 heteroatoms. The number of carbonyl (C=O) groups excluding carboxylic acids is 2. The van der Waals surface area contributed by atoms with E-state index in [1.54, 1.807) is 30.3 Å². The third-order valence-corrected chi connectivity index (χ3v) is 4.19. The summed E-state index contributed by atoms with van der Waals surface area (Å²) in [4.78, 5) is 35.3. The van der Waals surface area contributed by atoms with Crippen LogP contribution >= 0.6 is 0 Å². The Morgan fingerprint density at radius 2 is 1.88 bits per heavy atom. The summed E-state index contributed by atoms with van der Waals surface area (Å²) in [7, 11) is 0. The molecule has 1 heterocycles. The highest BCUT2D eigenvalue weighted by atomic mass is 16.2. The highest BCUT2D eigenvalue weighted by Crippen LogP contribution is 2.16. The summed E-state index contributed by atoms with van der Waals surface area (Å²) in [5, 5.41) is 7.14. The number of fused-ring (bicyclic) bond motifs is 1. The molecular formula is C18H19N3O3. The number of aromatic nitrogens is 2. The lowest BCUT2D eigenvalue weighted by Crippen LogP contribution is -2.32. The van der Waals surface area contributed by atoms with Crippen molar-refractivity contribution in [1.29, 1.82) is 0 Å². The maximum atomic E-state index is 12.1. The molecule has 0 unspecified atom stereocenters. The zero-order valence-electron chi connectivity index (χ0n) is 13.5. The van der Waals surface area contributed by atoms with Crippen LogP contribution in [0.2, 0.25) is 0 Å². The van der Waals surface area contributed by atoms with Gasteiger partial charge in [0, 0.05) is 23.7 Å². The smallest absolute Gasteiger partial charge is 0.267 e. The molecule has 0 saturated carbocycles. The summed E-state index contributed by atoms with van der Waals surface area (Å²) >= 11 is 0. The molecule has 1 amide bonds. The first-order chi connectivity index (χ1) is 11.5. The van der Waals surface area contributed by atoms with Crippen molar-refractivity contribution in [1.82, 2.24) is 15.1 Å². The van der Waals surface area contributed by atoms with E-state index in [0.717, 1.165) is 30.5 Å². The lowest BCUT2D eigenvalue weighted by atomic mass is 10.1. The average molecular weight is 325 g/mol. The Labute approximate surface area is 139 Å². The van der Waals surface area contributed by atoms with E-state index in [4.69, 9.17) is 0 Å². The number of rotatable bonds is 5. The van der Waals surface area contributed by atoms with Crippen molar-refractivity contribution < 1.29 is 9.59 Å². The molecule has 3 rings (SSSR count). The van der Waals surface area contributed by atoms with Crippen LogP contribution in [-0.4, -0.2) is 28.0 Å². The number of amides is 1. The second-order valence-corrected chi connectivity index (χ2v) is 5.92. The van der Waals surface area contributed by atoms with Crippen molar-refractivity contribution >= 4 is 11.7 Å². The van der Waals surface area contributed by atoms with E-state index in [9.17, 15) is 14.4 Å². The van der Waals surface area contributed by atoms with E-state index in [1.807, 2.05) is 0 Å². The fraction of sp³-hybridized carbons (Fsp3) is 0.333. The average Bonchev–Trinajstić information content (AvgIpc) is 3.02. The zero-order valence-corrected chi connectivity index (χ0v) is 13.5. The minimum atomic E-state index is -0.237. The van der Waals surface area contributed by atoms with E-state index in [-0.39, 0.29) is 17.2 Å². The van der Waals surface area contributed by atoms with Crippen LogP contribution in [0.25, 0.3) is 0 Å². The second kappa shape index (κ2) is 6.78. The fourth-order valence-electron chi connectivity index (χ4n) is 2.83. The third-order valence-electron chi connectivity index (χ3n) is 4.19. The first kappa shape index (κ1) is 16.1. The lowest BCUT2D eigenvalue weighted by Gasteiger charge is -2.08. The van der Waals surface area contributed by atoms with Crippen molar-refractivity contribution in [3.63, 3.8) is 0 Å². The second-order valence-electron chi connectivity index (χ2n) is 5.92. The predicted molar refractivity (Wildman–Crippen MR) is 89.3 cm³/mol. The van der Waals surface area contributed by atoms with Gasteiger partial charge >= 0.3 is 0 Å². The van der Waals surface area contributed by atoms with Gasteiger partial charge in [0.1, 0.15) is 0 Å². The van der Waals surface area contributed by atoms with Crippen LogP contribution in [0.4, 0.5) is 0 Å². The summed E-state index contributed by atoms with van der Waals surface area (Å²) < 4.78 is 1.41. The summed E-state index contributed by atoms with van der Waals surface area (Å²) in [5.74, 6) is -0.275. The van der Waals surface area contributed by atoms with Crippen LogP contribution in [0, 0.1) is 0 Å². The Morgan fingerprint density at radius 3 is 2.58 bits per heavy atom. The number of benzene rings is 1. The largest absolute Gasteiger partial charge is 0.350 e. The molecule has 0 fully saturated rings. The number of Topliss-reactive ketones (excluding diaryl/α,β-unsaturated/α-hetero) is 1. The number of carbonyl (C=O) groups is 2. The van der Waals surface area contributed by atoms with E-state index in [1.165, 1.54) is 11.6 Å². The lowest BCUT2D eigenvalue weighted by molar-refractivity contribution is 0.0949. The van der Waals surface area contributed by atoms with Crippen molar-refractivity contribution in [3.8, 4) is 0 Å². The standard InChI is InChI=1S/C18H19N3O3/c1-12(22)13-5-7-14(8-6-13)18(24)19-9-10-21-17(23)11-15-3-2-4-16(15)20-21/h5-8,11H,2-4,9-10H2,1H3,(H,19,24). The molecule has 6 nitrogen and oxygen atoms in total. The summed E-state index contributed by atoms with van der Waals surface area (Å²) in [5.41, 5.74) is 2.96. The molecule has 0 aliphatic heterocycles. The minimum absolute atomic E-state index is 0.0379. The molecule has 124 valence electrons. The number of nitrogens with zero attached hydrogens (tertiary/aromatic N) is 2. The molecule has 1 aliphatic rings. The van der Waals surface area contributed by atoms with Crippen LogP contribution in [0.15, 0.2) is 35.1 Å². The van der Waals surface area contributed by atoms with Crippen LogP contribution < -0.4 is 10.9 Å². The summed E-state index contributed by atoms with van der Waals surface area (Å²) in [6.45, 7) is 2.14. The van der Waals surface area contributed by atoms with Gasteiger partial charge in [0.25, 0.3) is 11.5 Å². The fourth-order valence-corrected chi connectivity index (χ4v) is 2.83. The highest BCUT2D eigenvalue weighted by Gasteiger charge is 2.14. The Kier molecular flexibility index (Phi) is 4.55. The van der Waals surface area contributed by atoms with E-state index >= 15 is 0 Å². The summed E-state index contributed by atoms with van der Waals surface area (Å²) in [6.07, 6.45) is 2.87. The third kappa shape index (κ3) is 3.42. The zero-order chi connectivity index (χ0) is 17.1. The molecule has 24 heavy (non-hydrogen) atoms. The number of ketones is 1. The number of aryl methyl sites for hydroxylation is 2. The predicted octanol–water partition coefficient (Wildman–Crippen LogP) is 1.36. The quantitative estimate of drug-likeness (QED) is 0.842. The van der Waals surface area contributed by atoms with Crippen LogP contribution in [-0.2, 0) is 19.4 Å². The molecule has 1 aromatic heterocycles. The molecule has 0 spiro atoms. The van der Waals surface area contributed by atoms with Gasteiger partial charge in [-0.1, -0.05) is 12.1 Å². The topological polar surface area (TPSA) is 81.1 Å². The van der Waals surface area contributed by atoms with Crippen molar-refractivity contribution in [2.45, 2.75) is 32.7 Å². The van der Waals surface area contributed by atoms with Crippen LogP contribution in [0.5, 0.6) is 0 Å².